The van der Waals surface area contributed by atoms with Gasteiger partial charge in [0.2, 0.25) is 0 Å². The van der Waals surface area contributed by atoms with E-state index in [-0.39, 0.29) is 17.5 Å². The third kappa shape index (κ3) is 3.10. The summed E-state index contributed by atoms with van der Waals surface area (Å²) < 4.78 is 7.22. The first-order chi connectivity index (χ1) is 8.68. The second kappa shape index (κ2) is 6.00. The predicted molar refractivity (Wildman–Crippen MR) is 70.0 cm³/mol. The maximum atomic E-state index is 12.0. The van der Waals surface area contributed by atoms with Gasteiger partial charge in [0.1, 0.15) is 0 Å². The molecule has 2 heterocycles. The number of aromatic nitrogens is 2. The summed E-state index contributed by atoms with van der Waals surface area (Å²) in [4.78, 5) is 16.1. The minimum Gasteiger partial charge on any atom is -0.473 e. The van der Waals surface area contributed by atoms with Gasteiger partial charge < -0.3 is 14.6 Å². The maximum absolute atomic E-state index is 12.0. The highest BCUT2D eigenvalue weighted by Crippen LogP contribution is 2.11. The molecule has 1 saturated heterocycles. The van der Waals surface area contributed by atoms with E-state index in [1.54, 1.807) is 17.0 Å². The largest absolute Gasteiger partial charge is 0.473 e. The summed E-state index contributed by atoms with van der Waals surface area (Å²) in [5, 5.41) is 3.33. The summed E-state index contributed by atoms with van der Waals surface area (Å²) in [7, 11) is 0. The zero-order valence-corrected chi connectivity index (χ0v) is 11.1. The van der Waals surface area contributed by atoms with Crippen LogP contribution in [0.1, 0.15) is 32.7 Å². The van der Waals surface area contributed by atoms with Crippen LogP contribution >= 0.6 is 0 Å². The Kier molecular flexibility index (Phi) is 4.36. The van der Waals surface area contributed by atoms with Crippen LogP contribution in [0.3, 0.4) is 0 Å². The van der Waals surface area contributed by atoms with Crippen LogP contribution in [0.5, 0.6) is 5.88 Å². The first-order valence-corrected chi connectivity index (χ1v) is 6.59. The molecule has 1 N–H and O–H groups in total. The molecule has 2 rings (SSSR count). The molecule has 18 heavy (non-hydrogen) atoms. The molecule has 0 aliphatic carbocycles. The number of ether oxygens (including phenoxy) is 1. The molecule has 1 aliphatic heterocycles. The third-order valence-corrected chi connectivity index (χ3v) is 3.25. The molecule has 5 nitrogen and oxygen atoms in total. The van der Waals surface area contributed by atoms with Crippen molar-refractivity contribution < 1.29 is 4.74 Å². The number of nitrogens with one attached hydrogen (secondary N) is 1. The van der Waals surface area contributed by atoms with Gasteiger partial charge in [-0.3, -0.25) is 4.79 Å². The number of hydrogen-bond acceptors (Lipinski definition) is 4. The molecule has 5 heteroatoms. The van der Waals surface area contributed by atoms with Gasteiger partial charge in [-0.1, -0.05) is 0 Å². The molecule has 0 amide bonds. The molecule has 1 aliphatic rings. The normalized spacial score (nSPS) is 20.1. The average Bonchev–Trinajstić information content (AvgIpc) is 2.38. The van der Waals surface area contributed by atoms with Crippen LogP contribution in [0.2, 0.25) is 0 Å². The lowest BCUT2D eigenvalue weighted by Gasteiger charge is -2.22. The molecule has 1 atom stereocenters. The van der Waals surface area contributed by atoms with Crippen molar-refractivity contribution in [2.24, 2.45) is 5.92 Å². The fourth-order valence-corrected chi connectivity index (χ4v) is 2.17. The lowest BCUT2D eigenvalue weighted by atomic mass is 10.0. The highest BCUT2D eigenvalue weighted by Gasteiger charge is 2.15. The van der Waals surface area contributed by atoms with E-state index in [1.165, 1.54) is 6.42 Å². The summed E-state index contributed by atoms with van der Waals surface area (Å²) in [5.74, 6) is 0.699. The molecule has 0 spiro atoms. The number of hydrogen-bond donors (Lipinski definition) is 1. The Morgan fingerprint density at radius 2 is 2.44 bits per heavy atom. The number of nitrogens with zero attached hydrogens (tertiary/aromatic N) is 2. The summed E-state index contributed by atoms with van der Waals surface area (Å²) in [6.07, 6.45) is 5.64. The van der Waals surface area contributed by atoms with Gasteiger partial charge in [-0.25, -0.2) is 4.98 Å². The van der Waals surface area contributed by atoms with Crippen molar-refractivity contribution >= 4 is 0 Å². The quantitative estimate of drug-likeness (QED) is 0.873. The van der Waals surface area contributed by atoms with Gasteiger partial charge in [-0.2, -0.15) is 0 Å². The predicted octanol–water partition coefficient (Wildman–Crippen LogP) is 1.20. The van der Waals surface area contributed by atoms with E-state index < -0.39 is 0 Å². The van der Waals surface area contributed by atoms with E-state index in [0.717, 1.165) is 19.5 Å². The summed E-state index contributed by atoms with van der Waals surface area (Å²) in [6.45, 7) is 6.55. The van der Waals surface area contributed by atoms with E-state index >= 15 is 0 Å². The Morgan fingerprint density at radius 1 is 1.61 bits per heavy atom. The van der Waals surface area contributed by atoms with Crippen LogP contribution in [0.15, 0.2) is 17.2 Å². The van der Waals surface area contributed by atoms with Crippen molar-refractivity contribution in [1.29, 1.82) is 0 Å². The van der Waals surface area contributed by atoms with Crippen LogP contribution < -0.4 is 15.6 Å². The standard InChI is InChI=1S/C13H21N3O2/c1-10(2)16-7-6-15-12(13(16)17)18-9-11-4-3-5-14-8-11/h6-7,10-11,14H,3-5,8-9H2,1-2H3. The van der Waals surface area contributed by atoms with Crippen LogP contribution in [0, 0.1) is 5.92 Å². The SMILES string of the molecule is CC(C)n1ccnc(OCC2CCCNC2)c1=O. The number of rotatable bonds is 4. The van der Waals surface area contributed by atoms with Gasteiger partial charge in [-0.15, -0.1) is 0 Å². The Labute approximate surface area is 107 Å². The van der Waals surface area contributed by atoms with Gasteiger partial charge in [0.25, 0.3) is 5.88 Å². The molecule has 1 aromatic heterocycles. The smallest absolute Gasteiger partial charge is 0.313 e. The number of piperidine rings is 1. The second-order valence-corrected chi connectivity index (χ2v) is 5.06. The molecule has 100 valence electrons. The summed E-state index contributed by atoms with van der Waals surface area (Å²) >= 11 is 0. The molecule has 0 radical (unpaired) electrons. The highest BCUT2D eigenvalue weighted by atomic mass is 16.5. The van der Waals surface area contributed by atoms with Crippen LogP contribution in [0.4, 0.5) is 0 Å². The fourth-order valence-electron chi connectivity index (χ4n) is 2.17. The Morgan fingerprint density at radius 3 is 3.11 bits per heavy atom. The Balaban J connectivity index is 2.00. The van der Waals surface area contributed by atoms with E-state index in [4.69, 9.17) is 4.74 Å². The molecular formula is C13H21N3O2. The zero-order chi connectivity index (χ0) is 13.0. The molecule has 0 bridgehead atoms. The Bertz CT molecular complexity index is 436. The average molecular weight is 251 g/mol. The molecular weight excluding hydrogens is 230 g/mol. The van der Waals surface area contributed by atoms with Gasteiger partial charge in [-0.05, 0) is 33.2 Å². The van der Waals surface area contributed by atoms with Gasteiger partial charge in [0.05, 0.1) is 6.61 Å². The van der Waals surface area contributed by atoms with Crippen LogP contribution in [-0.2, 0) is 0 Å². The third-order valence-electron chi connectivity index (χ3n) is 3.25. The minimum atomic E-state index is -0.142. The molecule has 1 aromatic rings. The molecule has 1 unspecified atom stereocenters. The Hall–Kier alpha value is -1.36. The monoisotopic (exact) mass is 251 g/mol. The van der Waals surface area contributed by atoms with Crippen molar-refractivity contribution in [3.63, 3.8) is 0 Å². The topological polar surface area (TPSA) is 56.1 Å². The van der Waals surface area contributed by atoms with Gasteiger partial charge >= 0.3 is 5.56 Å². The van der Waals surface area contributed by atoms with E-state index in [1.807, 2.05) is 13.8 Å². The van der Waals surface area contributed by atoms with Crippen molar-refractivity contribution in [2.75, 3.05) is 19.7 Å². The highest BCUT2D eigenvalue weighted by molar-refractivity contribution is 5.05. The zero-order valence-electron chi connectivity index (χ0n) is 11.1. The van der Waals surface area contributed by atoms with Crippen molar-refractivity contribution in [2.45, 2.75) is 32.7 Å². The van der Waals surface area contributed by atoms with E-state index in [9.17, 15) is 4.79 Å². The van der Waals surface area contributed by atoms with Gasteiger partial charge in [0, 0.05) is 30.9 Å². The lowest BCUT2D eigenvalue weighted by Crippen LogP contribution is -2.34. The summed E-state index contributed by atoms with van der Waals surface area (Å²) in [6, 6.07) is 0.124. The maximum Gasteiger partial charge on any atom is 0.313 e. The van der Waals surface area contributed by atoms with Crippen molar-refractivity contribution in [1.82, 2.24) is 14.9 Å². The fraction of sp³-hybridized carbons (Fsp3) is 0.692. The van der Waals surface area contributed by atoms with Crippen LogP contribution in [-0.4, -0.2) is 29.2 Å². The molecule has 1 fully saturated rings. The van der Waals surface area contributed by atoms with Crippen molar-refractivity contribution in [3.8, 4) is 5.88 Å². The first kappa shape index (κ1) is 13.1. The summed E-state index contributed by atoms with van der Waals surface area (Å²) in [5.41, 5.74) is -0.142. The second-order valence-electron chi connectivity index (χ2n) is 5.06. The van der Waals surface area contributed by atoms with E-state index in [0.29, 0.717) is 12.5 Å². The van der Waals surface area contributed by atoms with Crippen LogP contribution in [0.25, 0.3) is 0 Å². The molecule has 0 saturated carbocycles. The van der Waals surface area contributed by atoms with Crippen molar-refractivity contribution in [3.05, 3.63) is 22.7 Å². The minimum absolute atomic E-state index is 0.124. The molecule has 0 aromatic carbocycles. The first-order valence-electron chi connectivity index (χ1n) is 6.59. The van der Waals surface area contributed by atoms with Gasteiger partial charge in [0.15, 0.2) is 0 Å². The lowest BCUT2D eigenvalue weighted by molar-refractivity contribution is 0.208. The van der Waals surface area contributed by atoms with E-state index in [2.05, 4.69) is 10.3 Å².